The molecule has 7 rings (SSSR count). The van der Waals surface area contributed by atoms with Gasteiger partial charge in [-0.15, -0.1) is 0 Å². The standard InChI is InChI=1S/C40H32/c1-25-15-17-34-36(21-25)39(32-19-27(3)18-28(4)20-32)33-16-14-26(2)22-37(33)40(34)38-24-31-13-9-8-12-30(31)23-35(38)29-10-6-5-7-11-29/h5-24H,1-4H3. The molecule has 0 fully saturated rings. The van der Waals surface area contributed by atoms with Crippen molar-refractivity contribution < 1.29 is 0 Å². The second-order valence-corrected chi connectivity index (χ2v) is 11.3. The molecule has 0 saturated carbocycles. The quantitative estimate of drug-likeness (QED) is 0.207. The van der Waals surface area contributed by atoms with Crippen molar-refractivity contribution >= 4 is 32.3 Å². The van der Waals surface area contributed by atoms with Crippen LogP contribution < -0.4 is 0 Å². The first kappa shape index (κ1) is 24.4. The zero-order valence-corrected chi connectivity index (χ0v) is 23.5. The molecule has 0 radical (unpaired) electrons. The summed E-state index contributed by atoms with van der Waals surface area (Å²) >= 11 is 0. The van der Waals surface area contributed by atoms with Crippen molar-refractivity contribution in [1.29, 1.82) is 0 Å². The Bertz CT molecular complexity index is 2060. The Hall–Kier alpha value is -4.68. The largest absolute Gasteiger partial charge is 0.0622 e. The summed E-state index contributed by atoms with van der Waals surface area (Å²) in [5, 5.41) is 7.73. The molecule has 40 heavy (non-hydrogen) atoms. The van der Waals surface area contributed by atoms with Gasteiger partial charge in [-0.2, -0.15) is 0 Å². The monoisotopic (exact) mass is 512 g/mol. The van der Waals surface area contributed by atoms with E-state index in [4.69, 9.17) is 0 Å². The summed E-state index contributed by atoms with van der Waals surface area (Å²) in [6.07, 6.45) is 0. The summed E-state index contributed by atoms with van der Waals surface area (Å²) in [7, 11) is 0. The van der Waals surface area contributed by atoms with Crippen LogP contribution in [-0.2, 0) is 0 Å². The van der Waals surface area contributed by atoms with Crippen molar-refractivity contribution in [3.8, 4) is 33.4 Å². The van der Waals surface area contributed by atoms with Gasteiger partial charge in [0.2, 0.25) is 0 Å². The molecular formula is C40H32. The maximum atomic E-state index is 2.41. The van der Waals surface area contributed by atoms with Crippen LogP contribution in [-0.4, -0.2) is 0 Å². The Kier molecular flexibility index (Phi) is 5.79. The molecule has 192 valence electrons. The van der Waals surface area contributed by atoms with Crippen molar-refractivity contribution in [2.45, 2.75) is 27.7 Å². The van der Waals surface area contributed by atoms with Gasteiger partial charge in [-0.25, -0.2) is 0 Å². The van der Waals surface area contributed by atoms with Gasteiger partial charge in [0.25, 0.3) is 0 Å². The molecule has 7 aromatic carbocycles. The Morgan fingerprint density at radius 3 is 1.48 bits per heavy atom. The fourth-order valence-electron chi connectivity index (χ4n) is 6.48. The van der Waals surface area contributed by atoms with E-state index in [1.165, 1.54) is 88.0 Å². The topological polar surface area (TPSA) is 0 Å². The third kappa shape index (κ3) is 4.08. The van der Waals surface area contributed by atoms with E-state index in [1.54, 1.807) is 0 Å². The first-order chi connectivity index (χ1) is 19.5. The lowest BCUT2D eigenvalue weighted by atomic mass is 9.82. The van der Waals surface area contributed by atoms with Crippen molar-refractivity contribution in [3.05, 3.63) is 144 Å². The molecule has 0 amide bonds. The molecule has 0 saturated heterocycles. The van der Waals surface area contributed by atoms with E-state index >= 15 is 0 Å². The first-order valence-electron chi connectivity index (χ1n) is 14.1. The van der Waals surface area contributed by atoms with Crippen LogP contribution >= 0.6 is 0 Å². The van der Waals surface area contributed by atoms with E-state index in [9.17, 15) is 0 Å². The lowest BCUT2D eigenvalue weighted by molar-refractivity contribution is 1.39. The maximum absolute atomic E-state index is 2.41. The van der Waals surface area contributed by atoms with Crippen LogP contribution in [0.1, 0.15) is 22.3 Å². The zero-order valence-electron chi connectivity index (χ0n) is 23.5. The highest BCUT2D eigenvalue weighted by Crippen LogP contribution is 2.47. The van der Waals surface area contributed by atoms with E-state index in [0.29, 0.717) is 0 Å². The van der Waals surface area contributed by atoms with Gasteiger partial charge >= 0.3 is 0 Å². The SMILES string of the molecule is Cc1cc(C)cc(-c2c3cc(C)ccc3c(-c3cc4ccccc4cc3-c3ccccc3)c3cc(C)ccc23)c1. The van der Waals surface area contributed by atoms with Gasteiger partial charge in [-0.1, -0.05) is 131 Å². The van der Waals surface area contributed by atoms with Crippen molar-refractivity contribution in [1.82, 2.24) is 0 Å². The second kappa shape index (κ2) is 9.50. The number of benzene rings is 7. The Morgan fingerprint density at radius 2 is 0.850 bits per heavy atom. The summed E-state index contributed by atoms with van der Waals surface area (Å²) in [5.74, 6) is 0. The van der Waals surface area contributed by atoms with Crippen LogP contribution in [0.3, 0.4) is 0 Å². The van der Waals surface area contributed by atoms with Gasteiger partial charge in [0.05, 0.1) is 0 Å². The molecule has 0 aliphatic carbocycles. The van der Waals surface area contributed by atoms with Gasteiger partial charge in [0.1, 0.15) is 0 Å². The van der Waals surface area contributed by atoms with E-state index in [-0.39, 0.29) is 0 Å². The van der Waals surface area contributed by atoms with Crippen LogP contribution in [0.4, 0.5) is 0 Å². The molecular weight excluding hydrogens is 480 g/mol. The fourth-order valence-corrected chi connectivity index (χ4v) is 6.48. The average molecular weight is 513 g/mol. The lowest BCUT2D eigenvalue weighted by Crippen LogP contribution is -1.95. The fraction of sp³-hybridized carbons (Fsp3) is 0.100. The highest BCUT2D eigenvalue weighted by Gasteiger charge is 2.20. The summed E-state index contributed by atoms with van der Waals surface area (Å²) in [5.41, 5.74) is 12.8. The predicted molar refractivity (Wildman–Crippen MR) is 174 cm³/mol. The van der Waals surface area contributed by atoms with E-state index < -0.39 is 0 Å². The van der Waals surface area contributed by atoms with Gasteiger partial charge in [-0.05, 0) is 106 Å². The molecule has 0 heteroatoms. The van der Waals surface area contributed by atoms with E-state index in [0.717, 1.165) is 0 Å². The molecule has 0 heterocycles. The third-order valence-electron chi connectivity index (χ3n) is 8.18. The van der Waals surface area contributed by atoms with Crippen LogP contribution in [0, 0.1) is 27.7 Å². The highest BCUT2D eigenvalue weighted by atomic mass is 14.2. The molecule has 0 N–H and O–H groups in total. The van der Waals surface area contributed by atoms with Crippen molar-refractivity contribution in [3.63, 3.8) is 0 Å². The van der Waals surface area contributed by atoms with Gasteiger partial charge < -0.3 is 0 Å². The molecule has 0 unspecified atom stereocenters. The maximum Gasteiger partial charge on any atom is -0.00198 e. The predicted octanol–water partition coefficient (Wildman–Crippen LogP) is 11.4. The molecule has 0 atom stereocenters. The van der Waals surface area contributed by atoms with Gasteiger partial charge in [0, 0.05) is 0 Å². The normalized spacial score (nSPS) is 11.5. The summed E-state index contributed by atoms with van der Waals surface area (Å²) in [6, 6.07) is 45.3. The Balaban J connectivity index is 1.70. The van der Waals surface area contributed by atoms with E-state index in [1.807, 2.05) is 0 Å². The molecule has 0 spiro atoms. The highest BCUT2D eigenvalue weighted by molar-refractivity contribution is 6.23. The van der Waals surface area contributed by atoms with Gasteiger partial charge in [-0.3, -0.25) is 0 Å². The third-order valence-corrected chi connectivity index (χ3v) is 8.18. The Morgan fingerprint density at radius 1 is 0.325 bits per heavy atom. The zero-order chi connectivity index (χ0) is 27.4. The Labute approximate surface area is 236 Å². The van der Waals surface area contributed by atoms with E-state index in [2.05, 4.69) is 149 Å². The van der Waals surface area contributed by atoms with Crippen LogP contribution in [0.15, 0.2) is 121 Å². The molecule has 0 aromatic heterocycles. The summed E-state index contributed by atoms with van der Waals surface area (Å²) < 4.78 is 0. The molecule has 7 aromatic rings. The number of hydrogen-bond acceptors (Lipinski definition) is 0. The molecule has 0 nitrogen and oxygen atoms in total. The minimum atomic E-state index is 1.24. The van der Waals surface area contributed by atoms with Crippen LogP contribution in [0.2, 0.25) is 0 Å². The van der Waals surface area contributed by atoms with Crippen LogP contribution in [0.5, 0.6) is 0 Å². The number of fused-ring (bicyclic) bond motifs is 3. The minimum Gasteiger partial charge on any atom is -0.0622 e. The molecule has 0 bridgehead atoms. The molecule has 0 aliphatic rings. The second-order valence-electron chi connectivity index (χ2n) is 11.3. The van der Waals surface area contributed by atoms with Crippen molar-refractivity contribution in [2.75, 3.05) is 0 Å². The van der Waals surface area contributed by atoms with Crippen LogP contribution in [0.25, 0.3) is 65.7 Å². The number of aryl methyl sites for hydroxylation is 4. The molecule has 0 aliphatic heterocycles. The first-order valence-corrected chi connectivity index (χ1v) is 14.1. The lowest BCUT2D eigenvalue weighted by Gasteiger charge is -2.21. The smallest absolute Gasteiger partial charge is 0.00198 e. The number of hydrogen-bond donors (Lipinski definition) is 0. The minimum absolute atomic E-state index is 1.24. The number of rotatable bonds is 3. The summed E-state index contributed by atoms with van der Waals surface area (Å²) in [6.45, 7) is 8.81. The summed E-state index contributed by atoms with van der Waals surface area (Å²) in [4.78, 5) is 0. The average Bonchev–Trinajstić information content (AvgIpc) is 2.95. The van der Waals surface area contributed by atoms with Crippen molar-refractivity contribution in [2.24, 2.45) is 0 Å². The van der Waals surface area contributed by atoms with Gasteiger partial charge in [0.15, 0.2) is 0 Å².